The quantitative estimate of drug-likeness (QED) is 0.0647. The SMILES string of the molecule is C/C=C(\C)C(=O)OC(COc1ccc(Cc2ccc(OCC(CSCCC3SCCS3)OC(=O)/C(C)=C/C)cc2)cc1)CSCCC1SCCS1. The van der Waals surface area contributed by atoms with Crippen molar-refractivity contribution < 1.29 is 28.5 Å². The lowest BCUT2D eigenvalue weighted by Crippen LogP contribution is -2.28. The van der Waals surface area contributed by atoms with Gasteiger partial charge < -0.3 is 18.9 Å². The number of ether oxygens (including phenoxy) is 4. The first-order valence-electron chi connectivity index (χ1n) is 17.6. The van der Waals surface area contributed by atoms with E-state index in [1.807, 2.05) is 109 Å². The van der Waals surface area contributed by atoms with Crippen LogP contribution >= 0.6 is 70.6 Å². The van der Waals surface area contributed by atoms with Crippen molar-refractivity contribution >= 4 is 82.5 Å². The average Bonchev–Trinajstić information content (AvgIpc) is 3.88. The second kappa shape index (κ2) is 24.1. The number of esters is 2. The Morgan fingerprint density at radius 2 is 1.04 bits per heavy atom. The number of allylic oxidation sites excluding steroid dienone is 2. The number of carbonyl (C=O) groups is 2. The molecule has 2 unspecified atom stereocenters. The number of benzene rings is 2. The van der Waals surface area contributed by atoms with Crippen LogP contribution in [0, 0.1) is 0 Å². The number of rotatable bonds is 22. The smallest absolute Gasteiger partial charge is 0.333 e. The van der Waals surface area contributed by atoms with Gasteiger partial charge in [0.05, 0.1) is 9.16 Å². The van der Waals surface area contributed by atoms with Crippen LogP contribution in [0.3, 0.4) is 0 Å². The molecule has 2 aromatic carbocycles. The van der Waals surface area contributed by atoms with E-state index in [-0.39, 0.29) is 24.1 Å². The molecule has 4 rings (SSSR count). The Bertz CT molecular complexity index is 1280. The first-order chi connectivity index (χ1) is 24.8. The number of thioether (sulfide) groups is 6. The normalized spacial score (nSPS) is 16.9. The molecule has 0 N–H and O–H groups in total. The van der Waals surface area contributed by atoms with Crippen molar-refractivity contribution in [3.05, 3.63) is 83.0 Å². The van der Waals surface area contributed by atoms with Crippen LogP contribution in [0.1, 0.15) is 51.7 Å². The molecule has 51 heavy (non-hydrogen) atoms. The van der Waals surface area contributed by atoms with E-state index in [0.717, 1.165) is 29.4 Å². The van der Waals surface area contributed by atoms with Gasteiger partial charge in [-0.1, -0.05) is 36.4 Å². The Kier molecular flexibility index (Phi) is 20.0. The molecule has 12 heteroatoms. The molecule has 0 saturated carbocycles. The van der Waals surface area contributed by atoms with Crippen molar-refractivity contribution in [3.8, 4) is 11.5 Å². The summed E-state index contributed by atoms with van der Waals surface area (Å²) in [6.45, 7) is 7.88. The summed E-state index contributed by atoms with van der Waals surface area (Å²) in [4.78, 5) is 25.0. The standard InChI is InChI=1S/C39H52O6S6/c1-5-28(3)38(40)44-34(26-46-17-15-36-48-19-20-49-36)24-42-32-11-7-30(8-12-32)23-31-9-13-33(14-10-31)43-25-35(45-39(41)29(4)6-2)27-47-18-16-37-50-21-22-51-37/h5-14,34-37H,15-27H2,1-4H3/b28-5+,29-6+. The van der Waals surface area contributed by atoms with E-state index in [1.165, 1.54) is 47.0 Å². The molecule has 2 aliphatic rings. The van der Waals surface area contributed by atoms with Gasteiger partial charge in [-0.3, -0.25) is 0 Å². The lowest BCUT2D eigenvalue weighted by molar-refractivity contribution is -0.145. The summed E-state index contributed by atoms with van der Waals surface area (Å²) in [7, 11) is 0. The second-order valence-corrected chi connectivity index (χ2v) is 20.3. The highest BCUT2D eigenvalue weighted by molar-refractivity contribution is 8.20. The zero-order valence-corrected chi connectivity index (χ0v) is 35.1. The molecule has 0 aliphatic carbocycles. The minimum Gasteiger partial charge on any atom is -0.490 e. The summed E-state index contributed by atoms with van der Waals surface area (Å²) in [5.41, 5.74) is 3.54. The second-order valence-electron chi connectivity index (χ2n) is 12.2. The highest BCUT2D eigenvalue weighted by atomic mass is 32.2. The van der Waals surface area contributed by atoms with Crippen molar-refractivity contribution in [2.24, 2.45) is 0 Å². The average molecular weight is 809 g/mol. The third-order valence-electron chi connectivity index (χ3n) is 8.17. The highest BCUT2D eigenvalue weighted by Crippen LogP contribution is 2.36. The van der Waals surface area contributed by atoms with Crippen LogP contribution in [-0.4, -0.2) is 92.5 Å². The zero-order valence-electron chi connectivity index (χ0n) is 30.2. The van der Waals surface area contributed by atoms with Gasteiger partial charge >= 0.3 is 11.9 Å². The highest BCUT2D eigenvalue weighted by Gasteiger charge is 2.21. The van der Waals surface area contributed by atoms with Gasteiger partial charge in [-0.15, -0.1) is 47.0 Å². The van der Waals surface area contributed by atoms with Gasteiger partial charge in [0.2, 0.25) is 0 Å². The van der Waals surface area contributed by atoms with Crippen molar-refractivity contribution in [3.63, 3.8) is 0 Å². The summed E-state index contributed by atoms with van der Waals surface area (Å²) in [6, 6.07) is 16.2. The summed E-state index contributed by atoms with van der Waals surface area (Å²) in [5.74, 6) is 9.43. The summed E-state index contributed by atoms with van der Waals surface area (Å²) >= 11 is 11.9. The van der Waals surface area contributed by atoms with Gasteiger partial charge in [-0.25, -0.2) is 9.59 Å². The fraction of sp³-hybridized carbons (Fsp3) is 0.538. The first kappa shape index (κ1) is 42.3. The van der Waals surface area contributed by atoms with E-state index in [1.54, 1.807) is 26.0 Å². The first-order valence-corrected chi connectivity index (χ1v) is 24.1. The molecular weight excluding hydrogens is 757 g/mol. The van der Waals surface area contributed by atoms with E-state index in [9.17, 15) is 9.59 Å². The molecule has 2 heterocycles. The lowest BCUT2D eigenvalue weighted by atomic mass is 10.0. The molecule has 2 saturated heterocycles. The maximum atomic E-state index is 12.5. The molecule has 2 fully saturated rings. The van der Waals surface area contributed by atoms with Crippen LogP contribution in [-0.2, 0) is 25.5 Å². The topological polar surface area (TPSA) is 71.1 Å². The van der Waals surface area contributed by atoms with Crippen molar-refractivity contribution in [2.45, 2.75) is 68.3 Å². The molecule has 2 atom stereocenters. The third-order valence-corrected chi connectivity index (χ3v) is 16.8. The molecule has 6 nitrogen and oxygen atoms in total. The summed E-state index contributed by atoms with van der Waals surface area (Å²) in [6.07, 6.45) is 6.02. The van der Waals surface area contributed by atoms with Crippen LogP contribution in [0.25, 0.3) is 0 Å². The Morgan fingerprint density at radius 3 is 1.39 bits per heavy atom. The summed E-state index contributed by atoms with van der Waals surface area (Å²) < 4.78 is 25.2. The van der Waals surface area contributed by atoms with Crippen molar-refractivity contribution in [2.75, 3.05) is 59.2 Å². The van der Waals surface area contributed by atoms with Crippen LogP contribution in [0.2, 0.25) is 0 Å². The molecule has 0 bridgehead atoms. The summed E-state index contributed by atoms with van der Waals surface area (Å²) in [5, 5.41) is 0. The van der Waals surface area contributed by atoms with Gasteiger partial charge in [-0.05, 0) is 93.9 Å². The van der Waals surface area contributed by atoms with E-state index in [0.29, 0.717) is 45.0 Å². The van der Waals surface area contributed by atoms with E-state index < -0.39 is 0 Å². The van der Waals surface area contributed by atoms with Gasteiger partial charge in [0.15, 0.2) is 0 Å². The van der Waals surface area contributed by atoms with Gasteiger partial charge in [-0.2, -0.15) is 23.5 Å². The van der Waals surface area contributed by atoms with E-state index in [4.69, 9.17) is 18.9 Å². The Hall–Kier alpha value is -1.44. The van der Waals surface area contributed by atoms with Gasteiger partial charge in [0.25, 0.3) is 0 Å². The largest absolute Gasteiger partial charge is 0.490 e. The fourth-order valence-corrected chi connectivity index (χ4v) is 13.2. The molecule has 0 amide bonds. The van der Waals surface area contributed by atoms with Gasteiger partial charge in [0, 0.05) is 45.7 Å². The predicted molar refractivity (Wildman–Crippen MR) is 227 cm³/mol. The fourth-order valence-electron chi connectivity index (χ4n) is 4.91. The minimum atomic E-state index is -0.319. The minimum absolute atomic E-state index is 0.287. The van der Waals surface area contributed by atoms with Crippen LogP contribution in [0.15, 0.2) is 71.8 Å². The number of carbonyl (C=O) groups excluding carboxylic acids is 2. The molecule has 2 aliphatic heterocycles. The van der Waals surface area contributed by atoms with Crippen LogP contribution in [0.4, 0.5) is 0 Å². The Labute approximate surface area is 330 Å². The third kappa shape index (κ3) is 16.2. The molecule has 0 aromatic heterocycles. The van der Waals surface area contributed by atoms with E-state index >= 15 is 0 Å². The predicted octanol–water partition coefficient (Wildman–Crippen LogP) is 9.65. The molecule has 2 aromatic rings. The maximum Gasteiger partial charge on any atom is 0.333 e. The lowest BCUT2D eigenvalue weighted by Gasteiger charge is -2.19. The number of hydrogen-bond donors (Lipinski definition) is 0. The van der Waals surface area contributed by atoms with Crippen LogP contribution < -0.4 is 9.47 Å². The Morgan fingerprint density at radius 1 is 0.667 bits per heavy atom. The molecule has 0 spiro atoms. The number of hydrogen-bond acceptors (Lipinski definition) is 12. The van der Waals surface area contributed by atoms with Crippen molar-refractivity contribution in [1.82, 2.24) is 0 Å². The molecular formula is C39H52O6S6. The van der Waals surface area contributed by atoms with Crippen molar-refractivity contribution in [1.29, 1.82) is 0 Å². The monoisotopic (exact) mass is 808 g/mol. The van der Waals surface area contributed by atoms with Gasteiger partial charge in [0.1, 0.15) is 36.9 Å². The molecule has 0 radical (unpaired) electrons. The molecule has 280 valence electrons. The zero-order chi connectivity index (χ0) is 36.3. The van der Waals surface area contributed by atoms with Crippen LogP contribution in [0.5, 0.6) is 11.5 Å². The maximum absolute atomic E-state index is 12.5. The van der Waals surface area contributed by atoms with E-state index in [2.05, 4.69) is 24.3 Å². The Balaban J connectivity index is 1.22.